The first kappa shape index (κ1) is 21.0. The number of rotatable bonds is 8. The fourth-order valence-electron chi connectivity index (χ4n) is 3.43. The molecular formula is C22H29N3O3S. The lowest BCUT2D eigenvalue weighted by molar-refractivity contribution is 0.340. The third-order valence-electron chi connectivity index (χ3n) is 4.75. The Labute approximate surface area is 172 Å². The van der Waals surface area contributed by atoms with E-state index in [9.17, 15) is 8.42 Å². The summed E-state index contributed by atoms with van der Waals surface area (Å²) < 4.78 is 34.1. The number of anilines is 2. The summed E-state index contributed by atoms with van der Waals surface area (Å²) >= 11 is 0. The quantitative estimate of drug-likeness (QED) is 0.558. The van der Waals surface area contributed by atoms with Crippen molar-refractivity contribution in [2.24, 2.45) is 5.92 Å². The lowest BCUT2D eigenvalue weighted by Crippen LogP contribution is -2.14. The summed E-state index contributed by atoms with van der Waals surface area (Å²) in [5, 5.41) is 0.986. The summed E-state index contributed by atoms with van der Waals surface area (Å²) in [4.78, 5) is 0. The number of nitrogens with two attached hydrogens (primary N) is 1. The molecule has 1 aromatic heterocycles. The van der Waals surface area contributed by atoms with Gasteiger partial charge >= 0.3 is 0 Å². The monoisotopic (exact) mass is 415 g/mol. The molecule has 3 aromatic rings. The average molecular weight is 416 g/mol. The number of nitrogens with zero attached hydrogens (tertiary/aromatic N) is 1. The van der Waals surface area contributed by atoms with Crippen molar-refractivity contribution in [3.63, 3.8) is 0 Å². The Morgan fingerprint density at radius 2 is 1.79 bits per heavy atom. The molecule has 0 amide bonds. The van der Waals surface area contributed by atoms with E-state index in [0.29, 0.717) is 23.9 Å². The Bertz CT molecular complexity index is 1100. The predicted octanol–water partition coefficient (Wildman–Crippen LogP) is 4.71. The van der Waals surface area contributed by atoms with Crippen molar-refractivity contribution in [1.82, 2.24) is 4.57 Å². The SMILES string of the molecule is CCOc1ccc2c(N)c(-c3ccc(NS(=O)(=O)CC)cc3)n(CC(C)C)c2c1. The van der Waals surface area contributed by atoms with Gasteiger partial charge in [0.2, 0.25) is 10.0 Å². The van der Waals surface area contributed by atoms with Gasteiger partial charge in [-0.25, -0.2) is 8.42 Å². The number of fused-ring (bicyclic) bond motifs is 1. The molecule has 7 heteroatoms. The van der Waals surface area contributed by atoms with Gasteiger partial charge < -0.3 is 15.0 Å². The van der Waals surface area contributed by atoms with Crippen molar-refractivity contribution in [2.75, 3.05) is 22.8 Å². The van der Waals surface area contributed by atoms with E-state index < -0.39 is 10.0 Å². The molecule has 6 nitrogen and oxygen atoms in total. The average Bonchev–Trinajstić information content (AvgIpc) is 2.93. The number of benzene rings is 2. The molecule has 0 saturated heterocycles. The van der Waals surface area contributed by atoms with Crippen LogP contribution >= 0.6 is 0 Å². The molecule has 0 atom stereocenters. The summed E-state index contributed by atoms with van der Waals surface area (Å²) in [6.07, 6.45) is 0. The van der Waals surface area contributed by atoms with Crippen LogP contribution in [0.5, 0.6) is 5.75 Å². The third-order valence-corrected chi connectivity index (χ3v) is 6.05. The lowest BCUT2D eigenvalue weighted by Gasteiger charge is -2.15. The van der Waals surface area contributed by atoms with Gasteiger partial charge in [-0.05, 0) is 44.0 Å². The number of ether oxygens (including phenoxy) is 1. The van der Waals surface area contributed by atoms with Gasteiger partial charge in [-0.2, -0.15) is 0 Å². The van der Waals surface area contributed by atoms with Crippen LogP contribution in [0.4, 0.5) is 11.4 Å². The summed E-state index contributed by atoms with van der Waals surface area (Å²) in [6.45, 7) is 9.32. The third kappa shape index (κ3) is 4.50. The molecule has 29 heavy (non-hydrogen) atoms. The fraction of sp³-hybridized carbons (Fsp3) is 0.364. The molecule has 0 aliphatic heterocycles. The van der Waals surface area contributed by atoms with Gasteiger partial charge in [0.05, 0.1) is 29.3 Å². The largest absolute Gasteiger partial charge is 0.494 e. The van der Waals surface area contributed by atoms with Crippen molar-refractivity contribution < 1.29 is 13.2 Å². The topological polar surface area (TPSA) is 86.3 Å². The van der Waals surface area contributed by atoms with E-state index in [1.807, 2.05) is 37.3 Å². The van der Waals surface area contributed by atoms with Crippen molar-refractivity contribution in [3.8, 4) is 17.0 Å². The van der Waals surface area contributed by atoms with Crippen molar-refractivity contribution in [3.05, 3.63) is 42.5 Å². The first-order valence-electron chi connectivity index (χ1n) is 9.91. The highest BCUT2D eigenvalue weighted by Crippen LogP contribution is 2.38. The number of sulfonamides is 1. The summed E-state index contributed by atoms with van der Waals surface area (Å²) in [7, 11) is -3.31. The molecule has 0 saturated carbocycles. The number of nitrogens with one attached hydrogen (secondary N) is 1. The predicted molar refractivity (Wildman–Crippen MR) is 121 cm³/mol. The minimum absolute atomic E-state index is 0.0342. The van der Waals surface area contributed by atoms with Gasteiger partial charge in [0.15, 0.2) is 0 Å². The van der Waals surface area contributed by atoms with E-state index in [2.05, 4.69) is 23.1 Å². The lowest BCUT2D eigenvalue weighted by atomic mass is 10.1. The maximum Gasteiger partial charge on any atom is 0.232 e. The van der Waals surface area contributed by atoms with Crippen LogP contribution in [0.2, 0.25) is 0 Å². The van der Waals surface area contributed by atoms with Crippen LogP contribution in [-0.4, -0.2) is 25.3 Å². The molecule has 0 fully saturated rings. The molecule has 156 valence electrons. The molecule has 0 aliphatic rings. The van der Waals surface area contributed by atoms with Crippen LogP contribution in [-0.2, 0) is 16.6 Å². The minimum Gasteiger partial charge on any atom is -0.494 e. The molecule has 2 aromatic carbocycles. The number of aromatic nitrogens is 1. The zero-order chi connectivity index (χ0) is 21.2. The Kier molecular flexibility index (Phi) is 6.07. The Balaban J connectivity index is 2.11. The van der Waals surface area contributed by atoms with Gasteiger partial charge in [-0.3, -0.25) is 4.72 Å². The van der Waals surface area contributed by atoms with Crippen molar-refractivity contribution in [1.29, 1.82) is 0 Å². The van der Waals surface area contributed by atoms with Gasteiger partial charge in [0, 0.05) is 29.2 Å². The van der Waals surface area contributed by atoms with Crippen LogP contribution in [0, 0.1) is 5.92 Å². The van der Waals surface area contributed by atoms with E-state index in [4.69, 9.17) is 10.5 Å². The zero-order valence-corrected chi connectivity index (χ0v) is 18.2. The minimum atomic E-state index is -3.31. The summed E-state index contributed by atoms with van der Waals surface area (Å²) in [6, 6.07) is 13.3. The Morgan fingerprint density at radius 3 is 2.38 bits per heavy atom. The van der Waals surface area contributed by atoms with Gasteiger partial charge in [-0.1, -0.05) is 26.0 Å². The first-order chi connectivity index (χ1) is 13.8. The second-order valence-corrected chi connectivity index (χ2v) is 9.47. The molecule has 0 bridgehead atoms. The highest BCUT2D eigenvalue weighted by molar-refractivity contribution is 7.92. The van der Waals surface area contributed by atoms with Crippen molar-refractivity contribution in [2.45, 2.75) is 34.2 Å². The molecule has 0 radical (unpaired) electrons. The Morgan fingerprint density at radius 1 is 1.10 bits per heavy atom. The molecule has 3 N–H and O–H groups in total. The highest BCUT2D eigenvalue weighted by Gasteiger charge is 2.18. The standard InChI is InChI=1S/C22H29N3O3S/c1-5-28-18-11-12-19-20(13-18)25(14-15(3)4)22(21(19)23)16-7-9-17(10-8-16)24-29(26,27)6-2/h7-13,15,24H,5-6,14,23H2,1-4H3. The smallest absolute Gasteiger partial charge is 0.232 e. The van der Waals surface area contributed by atoms with Gasteiger partial charge in [0.1, 0.15) is 5.75 Å². The van der Waals surface area contributed by atoms with E-state index in [0.717, 1.165) is 34.5 Å². The van der Waals surface area contributed by atoms with Gasteiger partial charge in [0.25, 0.3) is 0 Å². The van der Waals surface area contributed by atoms with Gasteiger partial charge in [-0.15, -0.1) is 0 Å². The van der Waals surface area contributed by atoms with Crippen LogP contribution in [0.1, 0.15) is 27.7 Å². The molecule has 3 rings (SSSR count). The number of hydrogen-bond donors (Lipinski definition) is 2. The van der Waals surface area contributed by atoms with Crippen molar-refractivity contribution >= 4 is 32.3 Å². The highest BCUT2D eigenvalue weighted by atomic mass is 32.2. The molecule has 1 heterocycles. The number of nitrogen functional groups attached to an aromatic ring is 1. The normalized spacial score (nSPS) is 11.9. The molecule has 0 aliphatic carbocycles. The summed E-state index contributed by atoms with van der Waals surface area (Å²) in [5.41, 5.74) is 10.7. The Hall–Kier alpha value is -2.67. The van der Waals surface area contributed by atoms with E-state index in [1.165, 1.54) is 0 Å². The van der Waals surface area contributed by atoms with E-state index >= 15 is 0 Å². The van der Waals surface area contributed by atoms with Crippen LogP contribution in [0.15, 0.2) is 42.5 Å². The van der Waals surface area contributed by atoms with E-state index in [-0.39, 0.29) is 5.75 Å². The number of hydrogen-bond acceptors (Lipinski definition) is 4. The van der Waals surface area contributed by atoms with E-state index in [1.54, 1.807) is 19.1 Å². The van der Waals surface area contributed by atoms with Crippen LogP contribution in [0.25, 0.3) is 22.2 Å². The van der Waals surface area contributed by atoms with Crippen LogP contribution in [0.3, 0.4) is 0 Å². The van der Waals surface area contributed by atoms with Crippen LogP contribution < -0.4 is 15.2 Å². The summed E-state index contributed by atoms with van der Waals surface area (Å²) in [5.74, 6) is 1.28. The maximum atomic E-state index is 11.8. The maximum absolute atomic E-state index is 11.8. The zero-order valence-electron chi connectivity index (χ0n) is 17.4. The fourth-order valence-corrected chi connectivity index (χ4v) is 4.07. The second-order valence-electron chi connectivity index (χ2n) is 7.46. The first-order valence-corrected chi connectivity index (χ1v) is 11.6. The molecule has 0 unspecified atom stereocenters. The molecular weight excluding hydrogens is 386 g/mol. The molecule has 0 spiro atoms. The second kappa shape index (κ2) is 8.37.